The van der Waals surface area contributed by atoms with E-state index in [4.69, 9.17) is 9.47 Å². The van der Waals surface area contributed by atoms with Crippen LogP contribution in [0.2, 0.25) is 0 Å². The Bertz CT molecular complexity index is 1970. The van der Waals surface area contributed by atoms with Gasteiger partial charge in [-0.2, -0.15) is 13.2 Å². The molecule has 0 atom stereocenters. The van der Waals surface area contributed by atoms with Crippen LogP contribution >= 0.6 is 0 Å². The molecule has 0 bridgehead atoms. The van der Waals surface area contributed by atoms with E-state index >= 15 is 0 Å². The minimum atomic E-state index is -4.81. The molecule has 0 spiro atoms. The van der Waals surface area contributed by atoms with Gasteiger partial charge >= 0.3 is 18.3 Å². The Kier molecular flexibility index (Phi) is 11.2. The van der Waals surface area contributed by atoms with Crippen LogP contribution in [0, 0.1) is 0 Å². The molecule has 4 aromatic rings. The number of sulfone groups is 1. The first-order chi connectivity index (χ1) is 24.5. The molecule has 278 valence electrons. The lowest BCUT2D eigenvalue weighted by Crippen LogP contribution is -2.48. The number of rotatable bonds is 11. The van der Waals surface area contributed by atoms with Gasteiger partial charge in [-0.1, -0.05) is 0 Å². The number of alkyl halides is 3. The second-order valence-corrected chi connectivity index (χ2v) is 15.2. The van der Waals surface area contributed by atoms with Gasteiger partial charge in [0.1, 0.15) is 12.2 Å². The summed E-state index contributed by atoms with van der Waals surface area (Å²) >= 11 is 0. The van der Waals surface area contributed by atoms with Crippen molar-refractivity contribution in [2.24, 2.45) is 0 Å². The third-order valence-electron chi connectivity index (χ3n) is 8.85. The minimum Gasteiger partial charge on any atom is -0.467 e. The van der Waals surface area contributed by atoms with Gasteiger partial charge in [0.25, 0.3) is 0 Å². The van der Waals surface area contributed by atoms with Crippen molar-refractivity contribution in [2.45, 2.75) is 68.2 Å². The van der Waals surface area contributed by atoms with Gasteiger partial charge in [-0.05, 0) is 59.7 Å². The van der Waals surface area contributed by atoms with Crippen LogP contribution in [0.3, 0.4) is 0 Å². The van der Waals surface area contributed by atoms with Crippen molar-refractivity contribution in [3.8, 4) is 28.5 Å². The first kappa shape index (κ1) is 38.2. The Morgan fingerprint density at radius 3 is 2.19 bits per heavy atom. The molecule has 1 saturated carbocycles. The summed E-state index contributed by atoms with van der Waals surface area (Å²) in [5.41, 5.74) is -1.13. The van der Waals surface area contributed by atoms with Gasteiger partial charge in [-0.15, -0.1) is 0 Å². The third kappa shape index (κ3) is 9.05. The van der Waals surface area contributed by atoms with E-state index in [1.54, 1.807) is 12.4 Å². The second-order valence-electron chi connectivity index (χ2n) is 13.1. The molecule has 0 unspecified atom stereocenters. The molecule has 0 radical (unpaired) electrons. The average Bonchev–Trinajstić information content (AvgIpc) is 3.11. The number of anilines is 2. The third-order valence-corrected chi connectivity index (χ3v) is 9.93. The lowest BCUT2D eigenvalue weighted by Gasteiger charge is -2.37. The number of pyridine rings is 1. The summed E-state index contributed by atoms with van der Waals surface area (Å²) in [6.07, 6.45) is 6.42. The van der Waals surface area contributed by atoms with E-state index in [0.717, 1.165) is 24.7 Å². The predicted octanol–water partition coefficient (Wildman–Crippen LogP) is 4.92. The molecule has 0 saturated heterocycles. The molecule has 4 aromatic heterocycles. The highest BCUT2D eigenvalue weighted by Crippen LogP contribution is 2.37. The molecule has 1 N–H and O–H groups in total. The predicted molar refractivity (Wildman–Crippen MR) is 184 cm³/mol. The lowest BCUT2D eigenvalue weighted by atomic mass is 9.90. The fraction of sp³-hybridized carbons (Fsp3) is 0.455. The maximum Gasteiger partial charge on any atom is 0.419 e. The van der Waals surface area contributed by atoms with Crippen molar-refractivity contribution in [3.63, 3.8) is 0 Å². The molecule has 0 aliphatic heterocycles. The minimum absolute atomic E-state index is 0.0673. The van der Waals surface area contributed by atoms with Crippen LogP contribution < -0.4 is 15.0 Å². The molecular weight excluding hydrogens is 705 g/mol. The zero-order valence-electron chi connectivity index (χ0n) is 29.4. The molecule has 5 rings (SSSR count). The van der Waals surface area contributed by atoms with Crippen LogP contribution in [0.4, 0.5) is 29.7 Å². The maximum absolute atomic E-state index is 14.0. The number of nitrogens with one attached hydrogen (secondary N) is 1. The van der Waals surface area contributed by atoms with Crippen molar-refractivity contribution < 1.29 is 35.9 Å². The fourth-order valence-electron chi connectivity index (χ4n) is 5.31. The first-order valence-electron chi connectivity index (χ1n) is 16.1. The van der Waals surface area contributed by atoms with Crippen LogP contribution in [0.25, 0.3) is 22.5 Å². The molecule has 52 heavy (non-hydrogen) atoms. The van der Waals surface area contributed by atoms with Gasteiger partial charge in [0.2, 0.25) is 5.95 Å². The average molecular weight is 745 g/mol. The molecule has 4 heterocycles. The van der Waals surface area contributed by atoms with Crippen molar-refractivity contribution in [3.05, 3.63) is 55.0 Å². The normalized spacial score (nSPS) is 16.7. The van der Waals surface area contributed by atoms with Gasteiger partial charge in [0.05, 0.1) is 35.8 Å². The van der Waals surface area contributed by atoms with Gasteiger partial charge in [-0.25, -0.2) is 38.1 Å². The van der Waals surface area contributed by atoms with Gasteiger partial charge in [0.15, 0.2) is 15.7 Å². The fourth-order valence-corrected chi connectivity index (χ4v) is 5.90. The SMILES string of the molecule is COc1ncc(-c2cnc(N(C(=O)OCC(C)(C)N(C)C)C3CCC(Nc4ncc(C(F)(F)F)c(-c5cncc(S(C)(=O)=O)c5)n4)CC3)cn2)cn1. The largest absolute Gasteiger partial charge is 0.467 e. The molecule has 1 fully saturated rings. The van der Waals surface area contributed by atoms with E-state index in [9.17, 15) is 26.4 Å². The Labute approximate surface area is 299 Å². The standard InChI is InChI=1S/C33H39F3N10O5S/c1-32(2,45(3)4)19-51-31(47)46(27-18-38-26(17-39-27)21-13-41-30(50-5)42-14-21)23-9-7-22(8-10-23)43-29-40-16-25(33(34,35)36)28(44-29)20-11-24(15-37-12-20)52(6,48)49/h11-18,22-23H,7-10,19H2,1-6H3,(H,40,43,44). The summed E-state index contributed by atoms with van der Waals surface area (Å²) in [6, 6.07) is 0.708. The van der Waals surface area contributed by atoms with Crippen LogP contribution in [-0.2, 0) is 20.8 Å². The number of halogens is 3. The summed E-state index contributed by atoms with van der Waals surface area (Å²) in [5, 5.41) is 3.12. The molecule has 15 nitrogen and oxygen atoms in total. The molecule has 1 aliphatic carbocycles. The van der Waals surface area contributed by atoms with Gasteiger partial charge in [0, 0.05) is 66.0 Å². The highest BCUT2D eigenvalue weighted by molar-refractivity contribution is 7.90. The number of aromatic nitrogens is 7. The van der Waals surface area contributed by atoms with E-state index in [1.165, 1.54) is 24.4 Å². The van der Waals surface area contributed by atoms with Crippen molar-refractivity contribution in [1.29, 1.82) is 0 Å². The van der Waals surface area contributed by atoms with E-state index in [-0.39, 0.29) is 46.9 Å². The van der Waals surface area contributed by atoms with Crippen molar-refractivity contribution in [1.82, 2.24) is 39.8 Å². The number of hydrogen-bond donors (Lipinski definition) is 1. The quantitative estimate of drug-likeness (QED) is 0.219. The number of methoxy groups -OCH3 is 1. The maximum atomic E-state index is 14.0. The number of carbonyl (C=O) groups is 1. The summed E-state index contributed by atoms with van der Waals surface area (Å²) in [7, 11) is 1.49. The van der Waals surface area contributed by atoms with Gasteiger partial charge in [-0.3, -0.25) is 14.9 Å². The smallest absolute Gasteiger partial charge is 0.419 e. The monoisotopic (exact) mass is 744 g/mol. The zero-order chi connectivity index (χ0) is 37.8. The first-order valence-corrected chi connectivity index (χ1v) is 18.0. The highest BCUT2D eigenvalue weighted by atomic mass is 32.2. The van der Waals surface area contributed by atoms with Crippen LogP contribution in [0.1, 0.15) is 45.1 Å². The molecule has 0 aromatic carbocycles. The van der Waals surface area contributed by atoms with Gasteiger partial charge < -0.3 is 19.7 Å². The Balaban J connectivity index is 1.35. The van der Waals surface area contributed by atoms with Crippen LogP contribution in [0.15, 0.2) is 54.3 Å². The Morgan fingerprint density at radius 2 is 1.62 bits per heavy atom. The van der Waals surface area contributed by atoms with E-state index < -0.39 is 38.9 Å². The zero-order valence-corrected chi connectivity index (χ0v) is 30.2. The number of nitrogens with zero attached hydrogens (tertiary/aromatic N) is 9. The van der Waals surface area contributed by atoms with E-state index in [2.05, 4.69) is 40.2 Å². The lowest BCUT2D eigenvalue weighted by molar-refractivity contribution is -0.137. The number of carbonyl (C=O) groups excluding carboxylic acids is 1. The molecular formula is C33H39F3N10O5S. The number of hydrogen-bond acceptors (Lipinski definition) is 14. The molecule has 1 amide bonds. The summed E-state index contributed by atoms with van der Waals surface area (Å²) in [4.78, 5) is 46.0. The summed E-state index contributed by atoms with van der Waals surface area (Å²) in [6.45, 7) is 4.00. The van der Waals surface area contributed by atoms with Crippen LogP contribution in [0.5, 0.6) is 6.01 Å². The number of amides is 1. The molecule has 1 aliphatic rings. The summed E-state index contributed by atoms with van der Waals surface area (Å²) in [5.74, 6) is 0.213. The highest BCUT2D eigenvalue weighted by Gasteiger charge is 2.37. The molecule has 19 heteroatoms. The Morgan fingerprint density at radius 1 is 0.923 bits per heavy atom. The van der Waals surface area contributed by atoms with Crippen molar-refractivity contribution >= 4 is 27.7 Å². The van der Waals surface area contributed by atoms with Crippen molar-refractivity contribution in [2.75, 3.05) is 44.3 Å². The van der Waals surface area contributed by atoms with E-state index in [1.807, 2.05) is 32.8 Å². The topological polar surface area (TPSA) is 178 Å². The second kappa shape index (κ2) is 15.3. The Hall–Kier alpha value is -5.04. The number of ether oxygens (including phenoxy) is 2. The number of likely N-dealkylation sites (N-methyl/N-ethyl adjacent to an activating group) is 1. The summed E-state index contributed by atoms with van der Waals surface area (Å²) < 4.78 is 76.9. The van der Waals surface area contributed by atoms with Crippen LogP contribution in [-0.4, -0.2) is 106 Å². The van der Waals surface area contributed by atoms with E-state index in [0.29, 0.717) is 43.1 Å².